The lowest BCUT2D eigenvalue weighted by molar-refractivity contribution is 0.268. The lowest BCUT2D eigenvalue weighted by Crippen LogP contribution is -2.02. The highest BCUT2D eigenvalue weighted by Gasteiger charge is 2.14. The van der Waals surface area contributed by atoms with Crippen LogP contribution >= 0.6 is 22.9 Å². The van der Waals surface area contributed by atoms with Crippen LogP contribution < -0.4 is 9.47 Å². The van der Waals surface area contributed by atoms with Crippen LogP contribution in [0.2, 0.25) is 0 Å². The molecule has 0 amide bonds. The fourth-order valence-electron chi connectivity index (χ4n) is 1.95. The average Bonchev–Trinajstić information content (AvgIpc) is 3.04. The third-order valence-corrected chi connectivity index (χ3v) is 4.23. The Hall–Kier alpha value is -1.19. The molecule has 21 heavy (non-hydrogen) atoms. The molecule has 114 valence electrons. The molecule has 0 bridgehead atoms. The number of rotatable bonds is 8. The van der Waals surface area contributed by atoms with Crippen molar-refractivity contribution in [3.05, 3.63) is 46.2 Å². The lowest BCUT2D eigenvalue weighted by Gasteiger charge is -2.15. The van der Waals surface area contributed by atoms with Crippen molar-refractivity contribution in [2.24, 2.45) is 0 Å². The second-order valence-electron chi connectivity index (χ2n) is 4.82. The van der Waals surface area contributed by atoms with Crippen LogP contribution in [0.4, 0.5) is 0 Å². The molecule has 1 atom stereocenters. The molecule has 2 nitrogen and oxygen atoms in total. The number of ether oxygens (including phenoxy) is 2. The maximum absolute atomic E-state index is 6.55. The van der Waals surface area contributed by atoms with E-state index in [4.69, 9.17) is 21.1 Å². The molecule has 1 heterocycles. The Kier molecular flexibility index (Phi) is 6.40. The molecular formula is C17H21ClO2S. The normalized spacial score (nSPS) is 12.1. The maximum atomic E-state index is 6.55. The van der Waals surface area contributed by atoms with Gasteiger partial charge in [-0.05, 0) is 52.9 Å². The van der Waals surface area contributed by atoms with Crippen LogP contribution in [0, 0.1) is 0 Å². The van der Waals surface area contributed by atoms with E-state index in [0.717, 1.165) is 35.5 Å². The van der Waals surface area contributed by atoms with E-state index in [9.17, 15) is 0 Å². The first kappa shape index (κ1) is 16.2. The van der Waals surface area contributed by atoms with Crippen molar-refractivity contribution >= 4 is 22.9 Å². The first-order valence-corrected chi connectivity index (χ1v) is 8.69. The predicted molar refractivity (Wildman–Crippen MR) is 90.0 cm³/mol. The zero-order valence-corrected chi connectivity index (χ0v) is 14.0. The fraction of sp³-hybridized carbons (Fsp3) is 0.412. The molecule has 0 aliphatic heterocycles. The number of alkyl halides is 1. The van der Waals surface area contributed by atoms with Gasteiger partial charge >= 0.3 is 0 Å². The zero-order valence-electron chi connectivity index (χ0n) is 12.5. The lowest BCUT2D eigenvalue weighted by atomic mass is 10.1. The van der Waals surface area contributed by atoms with Gasteiger partial charge in [-0.1, -0.05) is 19.9 Å². The van der Waals surface area contributed by atoms with Crippen LogP contribution in [0.5, 0.6) is 11.5 Å². The molecule has 2 rings (SSSR count). The first-order valence-electron chi connectivity index (χ1n) is 7.32. The molecule has 1 unspecified atom stereocenters. The molecule has 1 aromatic heterocycles. The van der Waals surface area contributed by atoms with Gasteiger partial charge in [0, 0.05) is 0 Å². The molecule has 0 radical (unpaired) electrons. The van der Waals surface area contributed by atoms with E-state index in [1.807, 2.05) is 23.6 Å². The van der Waals surface area contributed by atoms with Gasteiger partial charge in [-0.2, -0.15) is 11.3 Å². The molecule has 1 aromatic carbocycles. The van der Waals surface area contributed by atoms with Crippen LogP contribution in [-0.4, -0.2) is 13.2 Å². The summed E-state index contributed by atoms with van der Waals surface area (Å²) in [6.07, 6.45) is 1.94. The highest BCUT2D eigenvalue weighted by Crippen LogP contribution is 2.36. The van der Waals surface area contributed by atoms with Crippen molar-refractivity contribution in [3.8, 4) is 11.5 Å². The van der Waals surface area contributed by atoms with E-state index >= 15 is 0 Å². The minimum atomic E-state index is -0.152. The number of hydrogen-bond acceptors (Lipinski definition) is 3. The standard InChI is InChI=1S/C17H21ClO2S/c1-3-8-19-15-6-5-13(11-16(15)20-9-4-2)17(18)14-7-10-21-12-14/h5-7,10-12,17H,3-4,8-9H2,1-2H3. The van der Waals surface area contributed by atoms with Crippen LogP contribution in [0.15, 0.2) is 35.0 Å². The largest absolute Gasteiger partial charge is 0.490 e. The van der Waals surface area contributed by atoms with E-state index in [1.165, 1.54) is 0 Å². The number of hydrogen-bond donors (Lipinski definition) is 0. The summed E-state index contributed by atoms with van der Waals surface area (Å²) in [5.74, 6) is 1.58. The molecule has 0 aliphatic rings. The molecule has 0 N–H and O–H groups in total. The minimum absolute atomic E-state index is 0.152. The summed E-state index contributed by atoms with van der Waals surface area (Å²) in [6.45, 7) is 5.55. The van der Waals surface area contributed by atoms with Gasteiger partial charge < -0.3 is 9.47 Å². The van der Waals surface area contributed by atoms with E-state index < -0.39 is 0 Å². The fourth-order valence-corrected chi connectivity index (χ4v) is 2.98. The minimum Gasteiger partial charge on any atom is -0.490 e. The number of halogens is 1. The summed E-state index contributed by atoms with van der Waals surface area (Å²) in [5.41, 5.74) is 2.15. The van der Waals surface area contributed by atoms with E-state index in [0.29, 0.717) is 13.2 Å². The van der Waals surface area contributed by atoms with Gasteiger partial charge in [0.05, 0.1) is 18.6 Å². The molecule has 0 spiro atoms. The Morgan fingerprint density at radius 2 is 1.71 bits per heavy atom. The summed E-state index contributed by atoms with van der Waals surface area (Å²) < 4.78 is 11.6. The average molecular weight is 325 g/mol. The summed E-state index contributed by atoms with van der Waals surface area (Å²) in [7, 11) is 0. The molecular weight excluding hydrogens is 304 g/mol. The van der Waals surface area contributed by atoms with E-state index in [1.54, 1.807) is 11.3 Å². The van der Waals surface area contributed by atoms with Crippen molar-refractivity contribution in [2.75, 3.05) is 13.2 Å². The predicted octanol–water partition coefficient (Wildman–Crippen LogP) is 5.65. The highest BCUT2D eigenvalue weighted by atomic mass is 35.5. The second-order valence-corrected chi connectivity index (χ2v) is 6.04. The summed E-state index contributed by atoms with van der Waals surface area (Å²) in [5, 5.41) is 3.96. The summed E-state index contributed by atoms with van der Waals surface area (Å²) in [4.78, 5) is 0. The Labute approximate surface area is 135 Å². The molecule has 4 heteroatoms. The van der Waals surface area contributed by atoms with Gasteiger partial charge in [0.25, 0.3) is 0 Å². The van der Waals surface area contributed by atoms with Crippen molar-refractivity contribution in [1.82, 2.24) is 0 Å². The van der Waals surface area contributed by atoms with Gasteiger partial charge in [0.1, 0.15) is 0 Å². The van der Waals surface area contributed by atoms with Crippen molar-refractivity contribution in [2.45, 2.75) is 32.1 Å². The van der Waals surface area contributed by atoms with Crippen LogP contribution in [0.25, 0.3) is 0 Å². The quantitative estimate of drug-likeness (QED) is 0.584. The summed E-state index contributed by atoms with van der Waals surface area (Å²) in [6, 6.07) is 8.02. The monoisotopic (exact) mass is 324 g/mol. The van der Waals surface area contributed by atoms with Gasteiger partial charge in [0.2, 0.25) is 0 Å². The van der Waals surface area contributed by atoms with Crippen LogP contribution in [0.1, 0.15) is 43.2 Å². The number of benzene rings is 1. The third-order valence-electron chi connectivity index (χ3n) is 3.02. The Bertz CT molecular complexity index is 540. The SMILES string of the molecule is CCCOc1ccc(C(Cl)c2ccsc2)cc1OCCC. The summed E-state index contributed by atoms with van der Waals surface area (Å²) >= 11 is 8.20. The third kappa shape index (κ3) is 4.39. The Morgan fingerprint density at radius 1 is 1.00 bits per heavy atom. The van der Waals surface area contributed by atoms with Gasteiger partial charge in [-0.25, -0.2) is 0 Å². The molecule has 0 saturated carbocycles. The molecule has 0 saturated heterocycles. The highest BCUT2D eigenvalue weighted by molar-refractivity contribution is 7.08. The molecule has 0 fully saturated rings. The smallest absolute Gasteiger partial charge is 0.161 e. The maximum Gasteiger partial charge on any atom is 0.161 e. The Balaban J connectivity index is 2.22. The van der Waals surface area contributed by atoms with Gasteiger partial charge in [-0.15, -0.1) is 11.6 Å². The van der Waals surface area contributed by atoms with Crippen molar-refractivity contribution in [3.63, 3.8) is 0 Å². The van der Waals surface area contributed by atoms with E-state index in [2.05, 4.69) is 25.3 Å². The van der Waals surface area contributed by atoms with Gasteiger partial charge in [0.15, 0.2) is 11.5 Å². The zero-order chi connectivity index (χ0) is 15.1. The van der Waals surface area contributed by atoms with Crippen molar-refractivity contribution in [1.29, 1.82) is 0 Å². The van der Waals surface area contributed by atoms with E-state index in [-0.39, 0.29) is 5.38 Å². The second kappa shape index (κ2) is 8.30. The van der Waals surface area contributed by atoms with Crippen LogP contribution in [0.3, 0.4) is 0 Å². The molecule has 2 aromatic rings. The van der Waals surface area contributed by atoms with Crippen molar-refractivity contribution < 1.29 is 9.47 Å². The first-order chi connectivity index (χ1) is 10.3. The van der Waals surface area contributed by atoms with Gasteiger partial charge in [-0.3, -0.25) is 0 Å². The molecule has 0 aliphatic carbocycles. The van der Waals surface area contributed by atoms with Crippen LogP contribution in [-0.2, 0) is 0 Å². The Morgan fingerprint density at radius 3 is 2.33 bits per heavy atom. The number of thiophene rings is 1. The topological polar surface area (TPSA) is 18.5 Å².